The number of benzene rings is 3. The zero-order valence-corrected chi connectivity index (χ0v) is 15.5. The molecule has 0 aliphatic heterocycles. The Morgan fingerprint density at radius 3 is 2.44 bits per heavy atom. The predicted octanol–water partition coefficient (Wildman–Crippen LogP) is 5.54. The first-order valence-electron chi connectivity index (χ1n) is 8.17. The van der Waals surface area contributed by atoms with Crippen LogP contribution >= 0.6 is 23.2 Å². The molecule has 0 fully saturated rings. The van der Waals surface area contributed by atoms with Crippen molar-refractivity contribution in [2.75, 3.05) is 10.4 Å². The van der Waals surface area contributed by atoms with Crippen molar-refractivity contribution in [1.82, 2.24) is 9.97 Å². The lowest BCUT2D eigenvalue weighted by Gasteiger charge is -2.25. The summed E-state index contributed by atoms with van der Waals surface area (Å²) in [6.45, 7) is 0. The summed E-state index contributed by atoms with van der Waals surface area (Å²) in [4.78, 5) is 20.5. The molecular weight excluding hydrogens is 383 g/mol. The Hall–Kier alpha value is -3.02. The largest absolute Gasteiger partial charge is 0.345 e. The number of carbonyl (C=O) groups is 1. The lowest BCUT2D eigenvalue weighted by molar-refractivity contribution is 0.0993. The summed E-state index contributed by atoms with van der Waals surface area (Å²) in [5.41, 5.74) is 6.25. The van der Waals surface area contributed by atoms with Crippen LogP contribution in [0.15, 0.2) is 73.1 Å². The van der Waals surface area contributed by atoms with Gasteiger partial charge in [0.1, 0.15) is 0 Å². The smallest absolute Gasteiger partial charge is 0.277 e. The van der Waals surface area contributed by atoms with Crippen molar-refractivity contribution in [2.24, 2.45) is 0 Å². The maximum Gasteiger partial charge on any atom is 0.277 e. The SMILES string of the molecule is O=C(c1ccc2nc[nH]c2c1)N(Nc1c(Cl)cccc1Cl)c1ccccc1. The molecule has 1 amide bonds. The lowest BCUT2D eigenvalue weighted by Crippen LogP contribution is -2.36. The minimum absolute atomic E-state index is 0.256. The molecule has 27 heavy (non-hydrogen) atoms. The van der Waals surface area contributed by atoms with Gasteiger partial charge in [0, 0.05) is 5.56 Å². The molecule has 4 aromatic rings. The highest BCUT2D eigenvalue weighted by atomic mass is 35.5. The number of imidazole rings is 1. The van der Waals surface area contributed by atoms with Crippen molar-refractivity contribution in [2.45, 2.75) is 0 Å². The number of aromatic nitrogens is 2. The van der Waals surface area contributed by atoms with Gasteiger partial charge in [0.25, 0.3) is 5.91 Å². The van der Waals surface area contributed by atoms with Crippen LogP contribution in [-0.4, -0.2) is 15.9 Å². The van der Waals surface area contributed by atoms with Crippen LogP contribution in [0.4, 0.5) is 11.4 Å². The van der Waals surface area contributed by atoms with Crippen LogP contribution in [0, 0.1) is 0 Å². The van der Waals surface area contributed by atoms with Gasteiger partial charge in [-0.15, -0.1) is 0 Å². The third-order valence-electron chi connectivity index (χ3n) is 4.07. The highest BCUT2D eigenvalue weighted by Gasteiger charge is 2.20. The molecule has 0 radical (unpaired) electrons. The molecule has 0 spiro atoms. The molecule has 1 aromatic heterocycles. The summed E-state index contributed by atoms with van der Waals surface area (Å²) >= 11 is 12.6. The highest BCUT2D eigenvalue weighted by molar-refractivity contribution is 6.39. The Balaban J connectivity index is 1.76. The first kappa shape index (κ1) is 17.4. The predicted molar refractivity (Wildman–Crippen MR) is 109 cm³/mol. The van der Waals surface area contributed by atoms with Gasteiger partial charge in [-0.1, -0.05) is 47.5 Å². The van der Waals surface area contributed by atoms with Gasteiger partial charge in [-0.3, -0.25) is 10.2 Å². The van der Waals surface area contributed by atoms with E-state index >= 15 is 0 Å². The summed E-state index contributed by atoms with van der Waals surface area (Å²) in [5.74, 6) is -0.256. The Kier molecular flexibility index (Phi) is 4.71. The Morgan fingerprint density at radius 2 is 1.70 bits per heavy atom. The average Bonchev–Trinajstić information content (AvgIpc) is 3.16. The first-order valence-corrected chi connectivity index (χ1v) is 8.92. The molecule has 0 aliphatic carbocycles. The van der Waals surface area contributed by atoms with Crippen LogP contribution in [0.2, 0.25) is 10.0 Å². The van der Waals surface area contributed by atoms with Crippen molar-refractivity contribution in [3.63, 3.8) is 0 Å². The van der Waals surface area contributed by atoms with Gasteiger partial charge in [-0.2, -0.15) is 0 Å². The number of halogens is 2. The van der Waals surface area contributed by atoms with Gasteiger partial charge in [0.2, 0.25) is 0 Å². The average molecular weight is 397 g/mol. The zero-order chi connectivity index (χ0) is 18.8. The number of hydrazine groups is 1. The van der Waals surface area contributed by atoms with Gasteiger partial charge in [-0.05, 0) is 42.5 Å². The molecule has 0 aliphatic rings. The number of amides is 1. The molecular formula is C20H14Cl2N4O. The number of fused-ring (bicyclic) bond motifs is 1. The van der Waals surface area contributed by atoms with Gasteiger partial charge in [-0.25, -0.2) is 9.99 Å². The van der Waals surface area contributed by atoms with E-state index in [2.05, 4.69) is 15.4 Å². The minimum Gasteiger partial charge on any atom is -0.345 e. The summed E-state index contributed by atoms with van der Waals surface area (Å²) in [7, 11) is 0. The minimum atomic E-state index is -0.256. The number of anilines is 2. The van der Waals surface area contributed by atoms with Crippen molar-refractivity contribution in [1.29, 1.82) is 0 Å². The van der Waals surface area contributed by atoms with Crippen LogP contribution in [0.1, 0.15) is 10.4 Å². The van der Waals surface area contributed by atoms with Gasteiger partial charge in [0.05, 0.1) is 38.8 Å². The second-order valence-electron chi connectivity index (χ2n) is 5.82. The normalized spacial score (nSPS) is 10.7. The Labute approximate surface area is 165 Å². The topological polar surface area (TPSA) is 61.0 Å². The lowest BCUT2D eigenvalue weighted by atomic mass is 10.1. The fourth-order valence-electron chi connectivity index (χ4n) is 2.72. The summed E-state index contributed by atoms with van der Waals surface area (Å²) < 4.78 is 0. The molecule has 0 unspecified atom stereocenters. The van der Waals surface area contributed by atoms with E-state index in [9.17, 15) is 4.79 Å². The summed E-state index contributed by atoms with van der Waals surface area (Å²) in [6.07, 6.45) is 1.59. The van der Waals surface area contributed by atoms with Crippen LogP contribution in [0.5, 0.6) is 0 Å². The van der Waals surface area contributed by atoms with Crippen LogP contribution in [0.25, 0.3) is 11.0 Å². The zero-order valence-electron chi connectivity index (χ0n) is 14.0. The number of hydrogen-bond acceptors (Lipinski definition) is 3. The van der Waals surface area contributed by atoms with Crippen LogP contribution < -0.4 is 10.4 Å². The molecule has 5 nitrogen and oxygen atoms in total. The molecule has 0 atom stereocenters. The van der Waals surface area contributed by atoms with Gasteiger partial charge >= 0.3 is 0 Å². The number of rotatable bonds is 4. The van der Waals surface area contributed by atoms with Crippen molar-refractivity contribution >= 4 is 51.5 Å². The number of hydrogen-bond donors (Lipinski definition) is 2. The third-order valence-corrected chi connectivity index (χ3v) is 4.70. The van der Waals surface area contributed by atoms with E-state index in [0.717, 1.165) is 11.0 Å². The third kappa shape index (κ3) is 3.47. The summed E-state index contributed by atoms with van der Waals surface area (Å²) in [5, 5.41) is 2.26. The molecule has 7 heteroatoms. The maximum absolute atomic E-state index is 13.3. The second kappa shape index (κ2) is 7.31. The van der Waals surface area contributed by atoms with Gasteiger partial charge < -0.3 is 4.98 Å². The first-order chi connectivity index (χ1) is 13.1. The molecule has 4 rings (SSSR count). The molecule has 0 saturated heterocycles. The van der Waals surface area contributed by atoms with Gasteiger partial charge in [0.15, 0.2) is 0 Å². The van der Waals surface area contributed by atoms with Crippen LogP contribution in [0.3, 0.4) is 0 Å². The van der Waals surface area contributed by atoms with E-state index in [0.29, 0.717) is 27.0 Å². The number of para-hydroxylation sites is 2. The molecule has 134 valence electrons. The highest BCUT2D eigenvalue weighted by Crippen LogP contribution is 2.32. The standard InChI is InChI=1S/C20H14Cl2N4O/c21-15-7-4-8-16(22)19(15)25-26(14-5-2-1-3-6-14)20(27)13-9-10-17-18(11-13)24-12-23-17/h1-12,25H,(H,23,24). The van der Waals surface area contributed by atoms with Crippen molar-refractivity contribution in [3.8, 4) is 0 Å². The molecule has 3 aromatic carbocycles. The maximum atomic E-state index is 13.3. The van der Waals surface area contributed by atoms with E-state index in [1.54, 1.807) is 42.7 Å². The fraction of sp³-hybridized carbons (Fsp3) is 0. The Morgan fingerprint density at radius 1 is 0.963 bits per heavy atom. The Bertz CT molecular complexity index is 1090. The number of carbonyl (C=O) groups excluding carboxylic acids is 1. The van der Waals surface area contributed by atoms with E-state index in [4.69, 9.17) is 23.2 Å². The molecule has 0 saturated carbocycles. The second-order valence-corrected chi connectivity index (χ2v) is 6.63. The monoisotopic (exact) mass is 396 g/mol. The fourth-order valence-corrected chi connectivity index (χ4v) is 3.21. The van der Waals surface area contributed by atoms with E-state index in [1.807, 2.05) is 30.3 Å². The van der Waals surface area contributed by atoms with Crippen molar-refractivity contribution < 1.29 is 4.79 Å². The quantitative estimate of drug-likeness (QED) is 0.445. The number of nitrogens with one attached hydrogen (secondary N) is 2. The van der Waals surface area contributed by atoms with E-state index in [1.165, 1.54) is 5.01 Å². The van der Waals surface area contributed by atoms with E-state index < -0.39 is 0 Å². The van der Waals surface area contributed by atoms with Crippen LogP contribution in [-0.2, 0) is 0 Å². The number of H-pyrrole nitrogens is 1. The number of nitrogens with zero attached hydrogens (tertiary/aromatic N) is 2. The molecule has 0 bridgehead atoms. The van der Waals surface area contributed by atoms with Crippen molar-refractivity contribution in [3.05, 3.63) is 88.7 Å². The van der Waals surface area contributed by atoms with E-state index in [-0.39, 0.29) is 5.91 Å². The number of aromatic amines is 1. The summed E-state index contributed by atoms with van der Waals surface area (Å²) in [6, 6.07) is 19.7. The molecule has 2 N–H and O–H groups in total. The molecule has 1 heterocycles.